The molecule has 28 heavy (non-hydrogen) atoms. The number of nitrogens with one attached hydrogen (secondary N) is 2. The van der Waals surface area contributed by atoms with Gasteiger partial charge >= 0.3 is 0 Å². The first-order valence-electron chi connectivity index (χ1n) is 9.82. The molecule has 0 spiro atoms. The van der Waals surface area contributed by atoms with Crippen molar-refractivity contribution in [3.8, 4) is 5.75 Å². The number of anilines is 1. The monoisotopic (exact) mass is 382 g/mol. The number of aryl methyl sites for hydroxylation is 1. The minimum Gasteiger partial charge on any atom is -0.483 e. The highest BCUT2D eigenvalue weighted by Gasteiger charge is 2.11. The molecule has 0 bridgehead atoms. The third-order valence-electron chi connectivity index (χ3n) is 4.40. The lowest BCUT2D eigenvalue weighted by Crippen LogP contribution is -2.24. The molecule has 0 heterocycles. The smallest absolute Gasteiger partial charge is 0.262 e. The van der Waals surface area contributed by atoms with Gasteiger partial charge in [0.1, 0.15) is 5.75 Å². The second-order valence-corrected chi connectivity index (χ2v) is 7.22. The zero-order valence-electron chi connectivity index (χ0n) is 17.2. The van der Waals surface area contributed by atoms with Crippen LogP contribution in [0.5, 0.6) is 5.75 Å². The molecule has 0 saturated heterocycles. The van der Waals surface area contributed by atoms with Crippen molar-refractivity contribution in [2.75, 3.05) is 18.5 Å². The van der Waals surface area contributed by atoms with Crippen LogP contribution in [-0.4, -0.2) is 25.0 Å². The van der Waals surface area contributed by atoms with Gasteiger partial charge in [0.15, 0.2) is 6.61 Å². The topological polar surface area (TPSA) is 67.4 Å². The Morgan fingerprint density at radius 3 is 2.43 bits per heavy atom. The molecule has 2 rings (SSSR count). The van der Waals surface area contributed by atoms with Crippen molar-refractivity contribution in [2.24, 2.45) is 0 Å². The summed E-state index contributed by atoms with van der Waals surface area (Å²) >= 11 is 0. The van der Waals surface area contributed by atoms with Gasteiger partial charge in [0.05, 0.1) is 0 Å². The van der Waals surface area contributed by atoms with Gasteiger partial charge in [-0.05, 0) is 60.7 Å². The molecule has 2 amide bonds. The number of unbranched alkanes of at least 4 members (excludes halogenated alkanes) is 1. The summed E-state index contributed by atoms with van der Waals surface area (Å²) < 4.78 is 5.75. The van der Waals surface area contributed by atoms with Crippen LogP contribution in [-0.2, 0) is 4.79 Å². The molecule has 2 aromatic carbocycles. The Balaban J connectivity index is 1.90. The summed E-state index contributed by atoms with van der Waals surface area (Å²) in [6.45, 7) is 8.87. The minimum absolute atomic E-state index is 0.0670. The summed E-state index contributed by atoms with van der Waals surface area (Å²) in [6, 6.07) is 12.9. The van der Waals surface area contributed by atoms with Crippen LogP contribution in [0, 0.1) is 6.92 Å². The van der Waals surface area contributed by atoms with Crippen molar-refractivity contribution in [3.05, 3.63) is 59.2 Å². The fourth-order valence-electron chi connectivity index (χ4n) is 2.77. The van der Waals surface area contributed by atoms with Crippen molar-refractivity contribution >= 4 is 17.5 Å². The maximum absolute atomic E-state index is 12.2. The number of hydrogen-bond donors (Lipinski definition) is 2. The lowest BCUT2D eigenvalue weighted by molar-refractivity contribution is -0.118. The number of carbonyl (C=O) groups excluding carboxylic acids is 2. The van der Waals surface area contributed by atoms with Gasteiger partial charge in [-0.2, -0.15) is 0 Å². The van der Waals surface area contributed by atoms with Crippen molar-refractivity contribution in [1.29, 1.82) is 0 Å². The Hall–Kier alpha value is -2.82. The Bertz CT molecular complexity index is 798. The first-order chi connectivity index (χ1) is 13.4. The maximum atomic E-state index is 12.2. The summed E-state index contributed by atoms with van der Waals surface area (Å²) in [5, 5.41) is 5.67. The van der Waals surface area contributed by atoms with Crippen LogP contribution in [0.3, 0.4) is 0 Å². The second kappa shape index (κ2) is 10.5. The molecular weight excluding hydrogens is 352 g/mol. The molecule has 150 valence electrons. The molecular formula is C23H30N2O3. The van der Waals surface area contributed by atoms with E-state index in [1.54, 1.807) is 24.3 Å². The van der Waals surface area contributed by atoms with E-state index in [0.717, 1.165) is 29.7 Å². The highest BCUT2D eigenvalue weighted by atomic mass is 16.5. The average Bonchev–Trinajstić information content (AvgIpc) is 2.67. The molecule has 0 aromatic heterocycles. The predicted molar refractivity (Wildman–Crippen MR) is 113 cm³/mol. The normalized spacial score (nSPS) is 10.6. The average molecular weight is 383 g/mol. The van der Waals surface area contributed by atoms with Gasteiger partial charge in [-0.15, -0.1) is 0 Å². The Labute approximate surface area is 167 Å². The summed E-state index contributed by atoms with van der Waals surface area (Å²) in [5.74, 6) is 0.714. The number of carbonyl (C=O) groups is 2. The van der Waals surface area contributed by atoms with Crippen molar-refractivity contribution in [3.63, 3.8) is 0 Å². The van der Waals surface area contributed by atoms with E-state index < -0.39 is 0 Å². The highest BCUT2D eigenvalue weighted by molar-refractivity contribution is 5.96. The number of rotatable bonds is 9. The third-order valence-corrected chi connectivity index (χ3v) is 4.40. The van der Waals surface area contributed by atoms with E-state index in [9.17, 15) is 9.59 Å². The predicted octanol–water partition coefficient (Wildman–Crippen LogP) is 4.67. The molecule has 0 aliphatic rings. The molecule has 0 atom stereocenters. The van der Waals surface area contributed by atoms with Crippen molar-refractivity contribution in [2.45, 2.75) is 46.5 Å². The van der Waals surface area contributed by atoms with Gasteiger partial charge in [0.2, 0.25) is 0 Å². The summed E-state index contributed by atoms with van der Waals surface area (Å²) in [4.78, 5) is 24.2. The second-order valence-electron chi connectivity index (χ2n) is 7.22. The number of hydrogen-bond acceptors (Lipinski definition) is 3. The summed E-state index contributed by atoms with van der Waals surface area (Å²) in [6.07, 6.45) is 1.99. The third kappa shape index (κ3) is 6.41. The van der Waals surface area contributed by atoms with E-state index >= 15 is 0 Å². The lowest BCUT2D eigenvalue weighted by atomic mass is 10.0. The quantitative estimate of drug-likeness (QED) is 0.620. The van der Waals surface area contributed by atoms with Crippen LogP contribution >= 0.6 is 0 Å². The van der Waals surface area contributed by atoms with Crippen LogP contribution in [0.1, 0.15) is 61.0 Å². The Morgan fingerprint density at radius 1 is 1.07 bits per heavy atom. The standard InChI is InChI=1S/C23H30N2O3/c1-5-6-13-24-23(27)18-8-10-19(11-9-18)25-22(26)15-28-21-14-17(4)7-12-20(21)16(2)3/h7-12,14,16H,5-6,13,15H2,1-4H3,(H,24,27)(H,25,26). The van der Waals surface area contributed by atoms with Gasteiger partial charge in [0, 0.05) is 17.8 Å². The van der Waals surface area contributed by atoms with Gasteiger partial charge < -0.3 is 15.4 Å². The zero-order chi connectivity index (χ0) is 20.5. The van der Waals surface area contributed by atoms with Gasteiger partial charge in [-0.1, -0.05) is 39.3 Å². The molecule has 0 fully saturated rings. The first-order valence-corrected chi connectivity index (χ1v) is 9.82. The van der Waals surface area contributed by atoms with Crippen LogP contribution in [0.4, 0.5) is 5.69 Å². The molecule has 0 radical (unpaired) electrons. The Kier molecular flexibility index (Phi) is 8.05. The maximum Gasteiger partial charge on any atom is 0.262 e. The minimum atomic E-state index is -0.239. The van der Waals surface area contributed by atoms with Gasteiger partial charge in [-0.3, -0.25) is 9.59 Å². The highest BCUT2D eigenvalue weighted by Crippen LogP contribution is 2.27. The van der Waals surface area contributed by atoms with Crippen LogP contribution in [0.2, 0.25) is 0 Å². The van der Waals surface area contributed by atoms with Crippen molar-refractivity contribution in [1.82, 2.24) is 5.32 Å². The largest absolute Gasteiger partial charge is 0.483 e. The van der Waals surface area contributed by atoms with E-state index in [4.69, 9.17) is 4.74 Å². The Morgan fingerprint density at radius 2 is 1.79 bits per heavy atom. The van der Waals surface area contributed by atoms with Gasteiger partial charge in [0.25, 0.3) is 11.8 Å². The van der Waals surface area contributed by atoms with Crippen LogP contribution < -0.4 is 15.4 Å². The summed E-state index contributed by atoms with van der Waals surface area (Å²) in [5.41, 5.74) is 3.38. The van der Waals surface area contributed by atoms with Crippen LogP contribution in [0.25, 0.3) is 0 Å². The molecule has 0 unspecified atom stereocenters. The number of amides is 2. The lowest BCUT2D eigenvalue weighted by Gasteiger charge is -2.15. The van der Waals surface area contributed by atoms with Crippen molar-refractivity contribution < 1.29 is 14.3 Å². The molecule has 2 aromatic rings. The first kappa shape index (κ1) is 21.5. The van der Waals surface area contributed by atoms with E-state index in [2.05, 4.69) is 31.4 Å². The fraction of sp³-hybridized carbons (Fsp3) is 0.391. The SMILES string of the molecule is CCCCNC(=O)c1ccc(NC(=O)COc2cc(C)ccc2C(C)C)cc1. The molecule has 5 nitrogen and oxygen atoms in total. The molecule has 0 saturated carbocycles. The fourth-order valence-corrected chi connectivity index (χ4v) is 2.77. The molecule has 5 heteroatoms. The zero-order valence-corrected chi connectivity index (χ0v) is 17.2. The summed E-state index contributed by atoms with van der Waals surface area (Å²) in [7, 11) is 0. The molecule has 2 N–H and O–H groups in total. The van der Waals surface area contributed by atoms with Crippen LogP contribution in [0.15, 0.2) is 42.5 Å². The van der Waals surface area contributed by atoms with E-state index in [1.165, 1.54) is 0 Å². The number of ether oxygens (including phenoxy) is 1. The molecule has 0 aliphatic heterocycles. The molecule has 0 aliphatic carbocycles. The van der Waals surface area contributed by atoms with E-state index in [-0.39, 0.29) is 18.4 Å². The van der Waals surface area contributed by atoms with E-state index in [1.807, 2.05) is 25.1 Å². The van der Waals surface area contributed by atoms with Gasteiger partial charge in [-0.25, -0.2) is 0 Å². The number of benzene rings is 2. The van der Waals surface area contributed by atoms with E-state index in [0.29, 0.717) is 23.7 Å².